The van der Waals surface area contributed by atoms with Crippen LogP contribution in [0.5, 0.6) is 0 Å². The van der Waals surface area contributed by atoms with E-state index < -0.39 is 10.0 Å². The van der Waals surface area contributed by atoms with Crippen molar-refractivity contribution in [3.8, 4) is 0 Å². The van der Waals surface area contributed by atoms with Crippen LogP contribution in [0.2, 0.25) is 0 Å². The van der Waals surface area contributed by atoms with Gasteiger partial charge in [-0.3, -0.25) is 4.79 Å². The molecule has 1 aromatic heterocycles. The first-order chi connectivity index (χ1) is 9.77. The summed E-state index contributed by atoms with van der Waals surface area (Å²) in [6.45, 7) is 5.04. The van der Waals surface area contributed by atoms with Crippen molar-refractivity contribution in [2.45, 2.75) is 33.2 Å². The Morgan fingerprint density at radius 1 is 1.38 bits per heavy atom. The molecule has 0 radical (unpaired) electrons. The summed E-state index contributed by atoms with van der Waals surface area (Å²) in [5, 5.41) is 2.91. The molecule has 2 heterocycles. The van der Waals surface area contributed by atoms with E-state index in [2.05, 4.69) is 5.32 Å². The average Bonchev–Trinajstić information content (AvgIpc) is 2.73. The lowest BCUT2D eigenvalue weighted by atomic mass is 9.97. The number of carbonyl (C=O) groups is 1. The zero-order chi connectivity index (χ0) is 15.6. The van der Waals surface area contributed by atoms with Crippen molar-refractivity contribution in [3.63, 3.8) is 0 Å². The Balaban J connectivity index is 1.84. The number of aryl methyl sites for hydroxylation is 2. The van der Waals surface area contributed by atoms with E-state index in [4.69, 9.17) is 4.42 Å². The summed E-state index contributed by atoms with van der Waals surface area (Å²) in [5.74, 6) is 1.52. The quantitative estimate of drug-likeness (QED) is 0.905. The van der Waals surface area contributed by atoms with Gasteiger partial charge in [0, 0.05) is 31.1 Å². The Morgan fingerprint density at radius 2 is 2.00 bits per heavy atom. The van der Waals surface area contributed by atoms with Crippen LogP contribution in [-0.4, -0.2) is 38.0 Å². The second-order valence-electron chi connectivity index (χ2n) is 5.59. The van der Waals surface area contributed by atoms with Gasteiger partial charge in [0.15, 0.2) is 0 Å². The largest absolute Gasteiger partial charge is 0.466 e. The van der Waals surface area contributed by atoms with Gasteiger partial charge in [0.25, 0.3) is 0 Å². The van der Waals surface area contributed by atoms with Crippen LogP contribution in [0.1, 0.15) is 29.9 Å². The molecule has 1 saturated heterocycles. The van der Waals surface area contributed by atoms with E-state index in [0.717, 1.165) is 17.1 Å². The number of amides is 1. The minimum atomic E-state index is -3.14. The van der Waals surface area contributed by atoms with E-state index in [0.29, 0.717) is 32.5 Å². The number of piperidine rings is 1. The fraction of sp³-hybridized carbons (Fsp3) is 0.643. The SMILES string of the molecule is Cc1cc(CNC(=O)C2CCN(S(C)(=O)=O)CC2)c(C)o1. The van der Waals surface area contributed by atoms with Crippen molar-refractivity contribution in [2.75, 3.05) is 19.3 Å². The monoisotopic (exact) mass is 314 g/mol. The van der Waals surface area contributed by atoms with Crippen molar-refractivity contribution >= 4 is 15.9 Å². The van der Waals surface area contributed by atoms with Gasteiger partial charge in [0.2, 0.25) is 15.9 Å². The highest BCUT2D eigenvalue weighted by atomic mass is 32.2. The van der Waals surface area contributed by atoms with Crippen molar-refractivity contribution in [3.05, 3.63) is 23.2 Å². The third-order valence-corrected chi connectivity index (χ3v) is 5.19. The summed E-state index contributed by atoms with van der Waals surface area (Å²) in [6, 6.07) is 1.92. The maximum atomic E-state index is 12.1. The van der Waals surface area contributed by atoms with E-state index >= 15 is 0 Å². The molecule has 0 unspecified atom stereocenters. The minimum Gasteiger partial charge on any atom is -0.466 e. The molecule has 7 heteroatoms. The highest BCUT2D eigenvalue weighted by molar-refractivity contribution is 7.88. The Kier molecular flexibility index (Phi) is 4.73. The van der Waals surface area contributed by atoms with E-state index in [1.54, 1.807) is 0 Å². The van der Waals surface area contributed by atoms with Gasteiger partial charge in [-0.1, -0.05) is 0 Å². The zero-order valence-electron chi connectivity index (χ0n) is 12.7. The van der Waals surface area contributed by atoms with Gasteiger partial charge in [-0.15, -0.1) is 0 Å². The van der Waals surface area contributed by atoms with Crippen LogP contribution in [0, 0.1) is 19.8 Å². The molecule has 1 aliphatic heterocycles. The Morgan fingerprint density at radius 3 is 2.48 bits per heavy atom. The Bertz CT molecular complexity index is 613. The summed E-state index contributed by atoms with van der Waals surface area (Å²) in [7, 11) is -3.14. The van der Waals surface area contributed by atoms with Gasteiger partial charge >= 0.3 is 0 Å². The van der Waals surface area contributed by atoms with Crippen LogP contribution in [0.3, 0.4) is 0 Å². The third-order valence-electron chi connectivity index (χ3n) is 3.89. The predicted octanol–water partition coefficient (Wildman–Crippen LogP) is 1.18. The standard InChI is InChI=1S/C14H22N2O4S/c1-10-8-13(11(2)20-10)9-15-14(17)12-4-6-16(7-5-12)21(3,18)19/h8,12H,4-7,9H2,1-3H3,(H,15,17). The minimum absolute atomic E-state index is 0.0126. The van der Waals surface area contributed by atoms with Crippen LogP contribution in [0.25, 0.3) is 0 Å². The van der Waals surface area contributed by atoms with Gasteiger partial charge < -0.3 is 9.73 Å². The molecule has 0 atom stereocenters. The van der Waals surface area contributed by atoms with Crippen molar-refractivity contribution in [1.82, 2.24) is 9.62 Å². The first-order valence-electron chi connectivity index (χ1n) is 7.06. The maximum absolute atomic E-state index is 12.1. The van der Waals surface area contributed by atoms with E-state index in [9.17, 15) is 13.2 Å². The number of sulfonamides is 1. The Hall–Kier alpha value is -1.34. The molecule has 0 aromatic carbocycles. The van der Waals surface area contributed by atoms with Gasteiger partial charge in [-0.05, 0) is 32.8 Å². The van der Waals surface area contributed by atoms with Crippen molar-refractivity contribution in [2.24, 2.45) is 5.92 Å². The second kappa shape index (κ2) is 6.19. The molecule has 0 spiro atoms. The molecule has 6 nitrogen and oxygen atoms in total. The zero-order valence-corrected chi connectivity index (χ0v) is 13.5. The molecule has 2 rings (SSSR count). The number of hydrogen-bond acceptors (Lipinski definition) is 4. The first-order valence-corrected chi connectivity index (χ1v) is 8.91. The van der Waals surface area contributed by atoms with Crippen LogP contribution in [0.15, 0.2) is 10.5 Å². The molecule has 1 aliphatic rings. The number of nitrogens with zero attached hydrogens (tertiary/aromatic N) is 1. The van der Waals surface area contributed by atoms with E-state index in [1.165, 1.54) is 10.6 Å². The van der Waals surface area contributed by atoms with Crippen LogP contribution >= 0.6 is 0 Å². The fourth-order valence-electron chi connectivity index (χ4n) is 2.64. The highest BCUT2D eigenvalue weighted by Crippen LogP contribution is 2.20. The molecule has 0 aliphatic carbocycles. The molecule has 21 heavy (non-hydrogen) atoms. The molecular formula is C14H22N2O4S. The average molecular weight is 314 g/mol. The number of furan rings is 1. The lowest BCUT2D eigenvalue weighted by molar-refractivity contribution is -0.126. The summed E-state index contributed by atoms with van der Waals surface area (Å²) in [6.07, 6.45) is 2.35. The van der Waals surface area contributed by atoms with E-state index in [1.807, 2.05) is 19.9 Å². The van der Waals surface area contributed by atoms with E-state index in [-0.39, 0.29) is 11.8 Å². The van der Waals surface area contributed by atoms with Crippen LogP contribution in [-0.2, 0) is 21.4 Å². The van der Waals surface area contributed by atoms with Crippen molar-refractivity contribution in [1.29, 1.82) is 0 Å². The number of nitrogens with one attached hydrogen (secondary N) is 1. The molecule has 1 amide bonds. The predicted molar refractivity (Wildman–Crippen MR) is 79.2 cm³/mol. The molecule has 0 saturated carbocycles. The third kappa shape index (κ3) is 4.07. The number of hydrogen-bond donors (Lipinski definition) is 1. The van der Waals surface area contributed by atoms with Gasteiger partial charge in [-0.25, -0.2) is 12.7 Å². The van der Waals surface area contributed by atoms with Crippen LogP contribution < -0.4 is 5.32 Å². The van der Waals surface area contributed by atoms with Gasteiger partial charge in [0.1, 0.15) is 11.5 Å². The van der Waals surface area contributed by atoms with Crippen molar-refractivity contribution < 1.29 is 17.6 Å². The summed E-state index contributed by atoms with van der Waals surface area (Å²) in [5.41, 5.74) is 0.981. The number of rotatable bonds is 4. The fourth-order valence-corrected chi connectivity index (χ4v) is 3.51. The normalized spacial score (nSPS) is 17.9. The smallest absolute Gasteiger partial charge is 0.223 e. The topological polar surface area (TPSA) is 79.6 Å². The molecule has 118 valence electrons. The lowest BCUT2D eigenvalue weighted by Crippen LogP contribution is -2.42. The summed E-state index contributed by atoms with van der Waals surface area (Å²) >= 11 is 0. The number of carbonyl (C=O) groups excluding carboxylic acids is 1. The van der Waals surface area contributed by atoms with Crippen LogP contribution in [0.4, 0.5) is 0 Å². The molecular weight excluding hydrogens is 292 g/mol. The molecule has 1 fully saturated rings. The lowest BCUT2D eigenvalue weighted by Gasteiger charge is -2.29. The summed E-state index contributed by atoms with van der Waals surface area (Å²) in [4.78, 5) is 12.1. The summed E-state index contributed by atoms with van der Waals surface area (Å²) < 4.78 is 29.7. The molecule has 1 N–H and O–H groups in total. The Labute approximate surface area is 125 Å². The maximum Gasteiger partial charge on any atom is 0.223 e. The molecule has 0 bridgehead atoms. The van der Waals surface area contributed by atoms with Gasteiger partial charge in [0.05, 0.1) is 6.26 Å². The first kappa shape index (κ1) is 16.0. The second-order valence-corrected chi connectivity index (χ2v) is 7.58. The molecule has 1 aromatic rings. The highest BCUT2D eigenvalue weighted by Gasteiger charge is 2.28. The van der Waals surface area contributed by atoms with Gasteiger partial charge in [-0.2, -0.15) is 0 Å².